The predicted molar refractivity (Wildman–Crippen MR) is 62.8 cm³/mol. The van der Waals surface area contributed by atoms with Crippen molar-refractivity contribution in [2.24, 2.45) is 0 Å². The molecule has 1 aromatic rings. The largest absolute Gasteiger partial charge is 0.494 e. The highest BCUT2D eigenvalue weighted by Crippen LogP contribution is 2.39. The predicted octanol–water partition coefficient (Wildman–Crippen LogP) is 2.56. The lowest BCUT2D eigenvalue weighted by Crippen LogP contribution is -1.98. The molecule has 0 aromatic carbocycles. The summed E-state index contributed by atoms with van der Waals surface area (Å²) in [6.07, 6.45) is 4.88. The molecule has 0 atom stereocenters. The zero-order chi connectivity index (χ0) is 10.8. The lowest BCUT2D eigenvalue weighted by Gasteiger charge is -2.07. The van der Waals surface area contributed by atoms with Crippen molar-refractivity contribution in [3.63, 3.8) is 0 Å². The standard InChI is InChI=1S/C11H16BrNO2/c12-6-1-2-7-13-10(14)8-4-3-5-9(8)11(13)15/h14-15H,1-7H2. The quantitative estimate of drug-likeness (QED) is 0.654. The number of unbranched alkanes of at least 4 members (excludes halogenated alkanes) is 1. The molecule has 0 spiro atoms. The van der Waals surface area contributed by atoms with Gasteiger partial charge in [-0.15, -0.1) is 0 Å². The first-order chi connectivity index (χ1) is 7.25. The Morgan fingerprint density at radius 2 is 1.67 bits per heavy atom. The summed E-state index contributed by atoms with van der Waals surface area (Å²) >= 11 is 3.37. The van der Waals surface area contributed by atoms with Gasteiger partial charge < -0.3 is 10.2 Å². The van der Waals surface area contributed by atoms with Crippen molar-refractivity contribution in [2.45, 2.75) is 38.6 Å². The number of fused-ring (bicyclic) bond motifs is 1. The highest BCUT2D eigenvalue weighted by molar-refractivity contribution is 9.09. The summed E-state index contributed by atoms with van der Waals surface area (Å²) in [6.45, 7) is 0.705. The Labute approximate surface area is 97.9 Å². The molecule has 1 aliphatic carbocycles. The zero-order valence-electron chi connectivity index (χ0n) is 8.67. The third kappa shape index (κ3) is 1.87. The SMILES string of the molecule is Oc1c2c(c(O)n1CCCCBr)CCC2. The summed E-state index contributed by atoms with van der Waals surface area (Å²) in [5.41, 5.74) is 1.93. The molecule has 1 aliphatic rings. The maximum absolute atomic E-state index is 9.92. The highest BCUT2D eigenvalue weighted by Gasteiger charge is 2.25. The van der Waals surface area contributed by atoms with Crippen LogP contribution >= 0.6 is 15.9 Å². The number of hydrogen-bond donors (Lipinski definition) is 2. The normalized spacial score (nSPS) is 14.5. The second kappa shape index (κ2) is 4.47. The average Bonchev–Trinajstić information content (AvgIpc) is 2.77. The van der Waals surface area contributed by atoms with Gasteiger partial charge in [-0.05, 0) is 32.1 Å². The molecule has 1 aromatic heterocycles. The first-order valence-corrected chi connectivity index (χ1v) is 6.56. The molecule has 4 heteroatoms. The Hall–Kier alpha value is -0.640. The third-order valence-corrected chi connectivity index (χ3v) is 3.60. The van der Waals surface area contributed by atoms with Gasteiger partial charge in [0.15, 0.2) is 11.8 Å². The molecule has 0 radical (unpaired) electrons. The Balaban J connectivity index is 2.17. The van der Waals surface area contributed by atoms with E-state index < -0.39 is 0 Å². The number of nitrogens with zero attached hydrogens (tertiary/aromatic N) is 1. The number of aromatic nitrogens is 1. The van der Waals surface area contributed by atoms with Crippen LogP contribution in [0.15, 0.2) is 0 Å². The fraction of sp³-hybridized carbons (Fsp3) is 0.636. The Kier molecular flexibility index (Phi) is 3.24. The van der Waals surface area contributed by atoms with Crippen molar-refractivity contribution >= 4 is 15.9 Å². The molecule has 84 valence electrons. The molecular weight excluding hydrogens is 258 g/mol. The molecular formula is C11H16BrNO2. The first kappa shape index (κ1) is 10.9. The van der Waals surface area contributed by atoms with Gasteiger partial charge in [0, 0.05) is 23.0 Å². The highest BCUT2D eigenvalue weighted by atomic mass is 79.9. The topological polar surface area (TPSA) is 45.4 Å². The van der Waals surface area contributed by atoms with Gasteiger partial charge in [-0.3, -0.25) is 4.57 Å². The number of halogens is 1. The number of alkyl halides is 1. The van der Waals surface area contributed by atoms with E-state index in [1.807, 2.05) is 0 Å². The van der Waals surface area contributed by atoms with Crippen molar-refractivity contribution in [1.29, 1.82) is 0 Å². The van der Waals surface area contributed by atoms with Crippen LogP contribution in [0.1, 0.15) is 30.4 Å². The summed E-state index contributed by atoms with van der Waals surface area (Å²) in [7, 11) is 0. The van der Waals surface area contributed by atoms with Crippen molar-refractivity contribution in [3.8, 4) is 11.8 Å². The van der Waals surface area contributed by atoms with E-state index in [2.05, 4.69) is 15.9 Å². The van der Waals surface area contributed by atoms with Gasteiger partial charge in [0.25, 0.3) is 0 Å². The summed E-state index contributed by atoms with van der Waals surface area (Å²) in [5.74, 6) is 0.573. The van der Waals surface area contributed by atoms with Crippen LogP contribution in [0.4, 0.5) is 0 Å². The number of rotatable bonds is 4. The van der Waals surface area contributed by atoms with Crippen LogP contribution in [0, 0.1) is 0 Å². The van der Waals surface area contributed by atoms with E-state index in [1.165, 1.54) is 0 Å². The Morgan fingerprint density at radius 1 is 1.07 bits per heavy atom. The molecule has 1 heterocycles. The minimum absolute atomic E-state index is 0.287. The molecule has 0 saturated heterocycles. The average molecular weight is 274 g/mol. The van der Waals surface area contributed by atoms with E-state index >= 15 is 0 Å². The molecule has 2 rings (SSSR count). The molecule has 0 saturated carbocycles. The Morgan fingerprint density at radius 3 is 2.20 bits per heavy atom. The molecule has 2 N–H and O–H groups in total. The molecule has 0 unspecified atom stereocenters. The van der Waals surface area contributed by atoms with E-state index in [9.17, 15) is 10.2 Å². The molecule has 15 heavy (non-hydrogen) atoms. The van der Waals surface area contributed by atoms with E-state index in [0.29, 0.717) is 6.54 Å². The van der Waals surface area contributed by atoms with Gasteiger partial charge in [-0.2, -0.15) is 0 Å². The summed E-state index contributed by atoms with van der Waals surface area (Å²) in [6, 6.07) is 0. The summed E-state index contributed by atoms with van der Waals surface area (Å²) in [5, 5.41) is 20.8. The fourth-order valence-electron chi connectivity index (χ4n) is 2.24. The lowest BCUT2D eigenvalue weighted by molar-refractivity contribution is 0.359. The number of aromatic hydroxyl groups is 2. The van der Waals surface area contributed by atoms with Crippen LogP contribution in [0.25, 0.3) is 0 Å². The van der Waals surface area contributed by atoms with E-state index in [-0.39, 0.29) is 11.8 Å². The molecule has 0 amide bonds. The smallest absolute Gasteiger partial charge is 0.197 e. The van der Waals surface area contributed by atoms with Crippen LogP contribution in [0.2, 0.25) is 0 Å². The van der Waals surface area contributed by atoms with Gasteiger partial charge in [0.05, 0.1) is 0 Å². The number of hydrogen-bond acceptors (Lipinski definition) is 2. The van der Waals surface area contributed by atoms with Gasteiger partial charge in [0.2, 0.25) is 0 Å². The molecule has 3 nitrogen and oxygen atoms in total. The van der Waals surface area contributed by atoms with Gasteiger partial charge in [0.1, 0.15) is 0 Å². The van der Waals surface area contributed by atoms with Crippen LogP contribution in [0.5, 0.6) is 11.8 Å². The van der Waals surface area contributed by atoms with Crippen molar-refractivity contribution in [1.82, 2.24) is 4.57 Å². The van der Waals surface area contributed by atoms with Crippen molar-refractivity contribution in [3.05, 3.63) is 11.1 Å². The van der Waals surface area contributed by atoms with Gasteiger partial charge >= 0.3 is 0 Å². The van der Waals surface area contributed by atoms with Crippen LogP contribution < -0.4 is 0 Å². The molecule has 0 fully saturated rings. The molecule has 0 aliphatic heterocycles. The first-order valence-electron chi connectivity index (χ1n) is 5.44. The van der Waals surface area contributed by atoms with Crippen LogP contribution in [0.3, 0.4) is 0 Å². The van der Waals surface area contributed by atoms with Crippen LogP contribution in [-0.4, -0.2) is 20.1 Å². The van der Waals surface area contributed by atoms with E-state index in [4.69, 9.17) is 0 Å². The lowest BCUT2D eigenvalue weighted by atomic mass is 10.2. The van der Waals surface area contributed by atoms with E-state index in [0.717, 1.165) is 48.6 Å². The zero-order valence-corrected chi connectivity index (χ0v) is 10.3. The minimum atomic E-state index is 0.287. The van der Waals surface area contributed by atoms with E-state index in [1.54, 1.807) is 4.57 Å². The maximum atomic E-state index is 9.92. The maximum Gasteiger partial charge on any atom is 0.197 e. The van der Waals surface area contributed by atoms with Crippen molar-refractivity contribution < 1.29 is 10.2 Å². The third-order valence-electron chi connectivity index (χ3n) is 3.03. The minimum Gasteiger partial charge on any atom is -0.494 e. The summed E-state index contributed by atoms with van der Waals surface area (Å²) < 4.78 is 1.65. The second-order valence-electron chi connectivity index (χ2n) is 4.01. The van der Waals surface area contributed by atoms with Crippen molar-refractivity contribution in [2.75, 3.05) is 5.33 Å². The summed E-state index contributed by atoms with van der Waals surface area (Å²) in [4.78, 5) is 0. The second-order valence-corrected chi connectivity index (χ2v) is 4.80. The fourth-order valence-corrected chi connectivity index (χ4v) is 2.64. The Bertz CT molecular complexity index is 332. The monoisotopic (exact) mass is 273 g/mol. The van der Waals surface area contributed by atoms with Crippen LogP contribution in [-0.2, 0) is 19.4 Å². The molecule has 0 bridgehead atoms. The van der Waals surface area contributed by atoms with Gasteiger partial charge in [-0.25, -0.2) is 0 Å². The van der Waals surface area contributed by atoms with Gasteiger partial charge in [-0.1, -0.05) is 15.9 Å².